The van der Waals surface area contributed by atoms with E-state index in [1.165, 1.54) is 0 Å². The Kier molecular flexibility index (Phi) is 5.97. The molecule has 6 heteroatoms. The van der Waals surface area contributed by atoms with E-state index in [4.69, 9.17) is 17.3 Å². The Morgan fingerprint density at radius 3 is 2.32 bits per heavy atom. The van der Waals surface area contributed by atoms with Gasteiger partial charge >= 0.3 is 0 Å². The smallest absolute Gasteiger partial charge is 0.227 e. The maximum atomic E-state index is 12.7. The summed E-state index contributed by atoms with van der Waals surface area (Å²) in [6.45, 7) is 3.06. The zero-order valence-corrected chi connectivity index (χ0v) is 15.3. The summed E-state index contributed by atoms with van der Waals surface area (Å²) in [6.07, 6.45) is 3.49. The van der Waals surface area contributed by atoms with Gasteiger partial charge in [0, 0.05) is 37.1 Å². The molecule has 0 radical (unpaired) electrons. The van der Waals surface area contributed by atoms with E-state index >= 15 is 0 Å². The van der Waals surface area contributed by atoms with E-state index in [1.807, 2.05) is 21.9 Å². The lowest BCUT2D eigenvalue weighted by molar-refractivity contribution is -0.142. The van der Waals surface area contributed by atoms with E-state index < -0.39 is 0 Å². The van der Waals surface area contributed by atoms with Gasteiger partial charge in [-0.2, -0.15) is 0 Å². The van der Waals surface area contributed by atoms with Crippen LogP contribution in [0.3, 0.4) is 0 Å². The van der Waals surface area contributed by atoms with Crippen molar-refractivity contribution < 1.29 is 9.59 Å². The molecule has 1 aliphatic carbocycles. The SMILES string of the molecule is NC[C@H]1CCC[C@H]1C(=O)N1CCN(C(=O)Cc2ccc(Cl)cc2)CC1. The minimum atomic E-state index is 0.0846. The molecule has 1 heterocycles. The molecule has 2 atom stereocenters. The predicted molar refractivity (Wildman–Crippen MR) is 98.2 cm³/mol. The van der Waals surface area contributed by atoms with Crippen LogP contribution < -0.4 is 5.73 Å². The summed E-state index contributed by atoms with van der Waals surface area (Å²) in [6, 6.07) is 7.37. The number of carbonyl (C=O) groups is 2. The molecule has 2 amide bonds. The first kappa shape index (κ1) is 18.2. The fraction of sp³-hybridized carbons (Fsp3) is 0.579. The number of amides is 2. The molecule has 3 rings (SSSR count). The Balaban J connectivity index is 1.50. The summed E-state index contributed by atoms with van der Waals surface area (Å²) >= 11 is 5.88. The van der Waals surface area contributed by atoms with Crippen molar-refractivity contribution in [3.05, 3.63) is 34.9 Å². The summed E-state index contributed by atoms with van der Waals surface area (Å²) in [5.74, 6) is 0.756. The number of hydrogen-bond donors (Lipinski definition) is 1. The summed E-state index contributed by atoms with van der Waals surface area (Å²) in [5.41, 5.74) is 6.77. The standard InChI is InChI=1S/C19H26ClN3O2/c20-16-6-4-14(5-7-16)12-18(24)22-8-10-23(11-9-22)19(25)17-3-1-2-15(17)13-21/h4-7,15,17H,1-3,8-13,21H2/t15-,17-/m1/s1. The Hall–Kier alpha value is -1.59. The first-order chi connectivity index (χ1) is 12.1. The fourth-order valence-electron chi connectivity index (χ4n) is 3.94. The minimum Gasteiger partial charge on any atom is -0.339 e. The molecule has 0 aromatic heterocycles. The van der Waals surface area contributed by atoms with Crippen LogP contribution >= 0.6 is 11.6 Å². The maximum absolute atomic E-state index is 12.7. The highest BCUT2D eigenvalue weighted by molar-refractivity contribution is 6.30. The van der Waals surface area contributed by atoms with Crippen molar-refractivity contribution in [2.24, 2.45) is 17.6 Å². The quantitative estimate of drug-likeness (QED) is 0.888. The van der Waals surface area contributed by atoms with Crippen LogP contribution in [0.15, 0.2) is 24.3 Å². The van der Waals surface area contributed by atoms with Crippen molar-refractivity contribution in [2.45, 2.75) is 25.7 Å². The first-order valence-electron chi connectivity index (χ1n) is 9.09. The molecule has 0 spiro atoms. The second-order valence-corrected chi connectivity index (χ2v) is 7.48. The summed E-state index contributed by atoms with van der Waals surface area (Å²) in [5, 5.41) is 0.672. The highest BCUT2D eigenvalue weighted by Crippen LogP contribution is 2.32. The number of carbonyl (C=O) groups excluding carboxylic acids is 2. The van der Waals surface area contributed by atoms with Crippen molar-refractivity contribution >= 4 is 23.4 Å². The van der Waals surface area contributed by atoms with Gasteiger partial charge in [0.25, 0.3) is 0 Å². The maximum Gasteiger partial charge on any atom is 0.227 e. The molecule has 0 bridgehead atoms. The average Bonchev–Trinajstić information content (AvgIpc) is 3.12. The van der Waals surface area contributed by atoms with Crippen LogP contribution in [0.25, 0.3) is 0 Å². The third-order valence-corrected chi connectivity index (χ3v) is 5.74. The predicted octanol–water partition coefficient (Wildman–Crippen LogP) is 1.93. The van der Waals surface area contributed by atoms with E-state index in [-0.39, 0.29) is 17.7 Å². The highest BCUT2D eigenvalue weighted by Gasteiger charge is 2.36. The number of hydrogen-bond acceptors (Lipinski definition) is 3. The van der Waals surface area contributed by atoms with E-state index in [9.17, 15) is 9.59 Å². The molecular weight excluding hydrogens is 338 g/mol. The third kappa shape index (κ3) is 4.33. The zero-order valence-electron chi connectivity index (χ0n) is 14.5. The van der Waals surface area contributed by atoms with Gasteiger partial charge < -0.3 is 15.5 Å². The zero-order chi connectivity index (χ0) is 17.8. The van der Waals surface area contributed by atoms with Crippen LogP contribution in [-0.4, -0.2) is 54.3 Å². The molecule has 5 nitrogen and oxygen atoms in total. The second-order valence-electron chi connectivity index (χ2n) is 7.04. The average molecular weight is 364 g/mol. The Morgan fingerprint density at radius 2 is 1.68 bits per heavy atom. The van der Waals surface area contributed by atoms with Gasteiger partial charge in [-0.1, -0.05) is 30.2 Å². The molecule has 1 aromatic rings. The Labute approximate surface area is 154 Å². The molecule has 0 unspecified atom stereocenters. The van der Waals surface area contributed by atoms with Crippen LogP contribution in [0.1, 0.15) is 24.8 Å². The number of benzene rings is 1. The normalized spacial score (nSPS) is 23.8. The van der Waals surface area contributed by atoms with Gasteiger partial charge in [0.05, 0.1) is 6.42 Å². The number of rotatable bonds is 4. The van der Waals surface area contributed by atoms with Gasteiger partial charge in [-0.3, -0.25) is 9.59 Å². The lowest BCUT2D eigenvalue weighted by Crippen LogP contribution is -2.52. The fourth-order valence-corrected chi connectivity index (χ4v) is 4.07. The van der Waals surface area contributed by atoms with Crippen LogP contribution in [-0.2, 0) is 16.0 Å². The van der Waals surface area contributed by atoms with Gasteiger partial charge in [0.1, 0.15) is 0 Å². The van der Waals surface area contributed by atoms with Crippen LogP contribution in [0, 0.1) is 11.8 Å². The van der Waals surface area contributed by atoms with Crippen molar-refractivity contribution in [3.8, 4) is 0 Å². The number of nitrogens with zero attached hydrogens (tertiary/aromatic N) is 2. The van der Waals surface area contributed by atoms with Gasteiger partial charge in [0.2, 0.25) is 11.8 Å². The number of halogens is 1. The molecule has 1 aliphatic heterocycles. The summed E-state index contributed by atoms with van der Waals surface area (Å²) < 4.78 is 0. The van der Waals surface area contributed by atoms with E-state index in [0.29, 0.717) is 50.1 Å². The Morgan fingerprint density at radius 1 is 1.04 bits per heavy atom. The molecular formula is C19H26ClN3O2. The van der Waals surface area contributed by atoms with E-state index in [2.05, 4.69) is 0 Å². The number of piperazine rings is 1. The van der Waals surface area contributed by atoms with Crippen LogP contribution in [0.4, 0.5) is 0 Å². The largest absolute Gasteiger partial charge is 0.339 e. The lowest BCUT2D eigenvalue weighted by Gasteiger charge is -2.36. The van der Waals surface area contributed by atoms with Crippen molar-refractivity contribution in [1.29, 1.82) is 0 Å². The van der Waals surface area contributed by atoms with Gasteiger partial charge in [-0.15, -0.1) is 0 Å². The van der Waals surface area contributed by atoms with Gasteiger partial charge in [-0.25, -0.2) is 0 Å². The highest BCUT2D eigenvalue weighted by atomic mass is 35.5. The molecule has 1 aromatic carbocycles. The summed E-state index contributed by atoms with van der Waals surface area (Å²) in [7, 11) is 0. The van der Waals surface area contributed by atoms with Crippen molar-refractivity contribution in [3.63, 3.8) is 0 Å². The molecule has 2 aliphatic rings. The second kappa shape index (κ2) is 8.19. The molecule has 1 saturated carbocycles. The lowest BCUT2D eigenvalue weighted by atomic mass is 9.94. The van der Waals surface area contributed by atoms with Gasteiger partial charge in [0.15, 0.2) is 0 Å². The van der Waals surface area contributed by atoms with Crippen LogP contribution in [0.2, 0.25) is 5.02 Å². The monoisotopic (exact) mass is 363 g/mol. The molecule has 25 heavy (non-hydrogen) atoms. The molecule has 1 saturated heterocycles. The topological polar surface area (TPSA) is 66.6 Å². The number of nitrogens with two attached hydrogens (primary N) is 1. The Bertz CT molecular complexity index is 612. The van der Waals surface area contributed by atoms with Crippen LogP contribution in [0.5, 0.6) is 0 Å². The van der Waals surface area contributed by atoms with Crippen molar-refractivity contribution in [2.75, 3.05) is 32.7 Å². The van der Waals surface area contributed by atoms with E-state index in [0.717, 1.165) is 24.8 Å². The molecule has 2 fully saturated rings. The summed E-state index contributed by atoms with van der Waals surface area (Å²) in [4.78, 5) is 29.0. The minimum absolute atomic E-state index is 0.0846. The van der Waals surface area contributed by atoms with Crippen molar-refractivity contribution in [1.82, 2.24) is 9.80 Å². The molecule has 2 N–H and O–H groups in total. The first-order valence-corrected chi connectivity index (χ1v) is 9.47. The van der Waals surface area contributed by atoms with E-state index in [1.54, 1.807) is 12.1 Å². The molecule has 136 valence electrons. The van der Waals surface area contributed by atoms with Gasteiger partial charge in [-0.05, 0) is 43.0 Å². The third-order valence-electron chi connectivity index (χ3n) is 5.49.